The van der Waals surface area contributed by atoms with Crippen LogP contribution in [0.1, 0.15) is 37.2 Å². The zero-order valence-corrected chi connectivity index (χ0v) is 12.7. The van der Waals surface area contributed by atoms with Gasteiger partial charge in [0.1, 0.15) is 0 Å². The van der Waals surface area contributed by atoms with E-state index in [4.69, 9.17) is 0 Å². The summed E-state index contributed by atoms with van der Waals surface area (Å²) >= 11 is 3.50. The van der Waals surface area contributed by atoms with Crippen molar-refractivity contribution in [1.82, 2.24) is 5.32 Å². The van der Waals surface area contributed by atoms with Crippen molar-refractivity contribution < 1.29 is 4.79 Å². The van der Waals surface area contributed by atoms with Crippen LogP contribution in [0, 0.1) is 11.3 Å². The number of benzene rings is 1. The Morgan fingerprint density at radius 1 is 1.32 bits per heavy atom. The number of alkyl halides is 1. The molecule has 0 aliphatic heterocycles. The molecule has 1 N–H and O–H groups in total. The van der Waals surface area contributed by atoms with Crippen LogP contribution in [0.25, 0.3) is 0 Å². The van der Waals surface area contributed by atoms with Crippen LogP contribution < -0.4 is 5.32 Å². The Labute approximate surface area is 123 Å². The van der Waals surface area contributed by atoms with E-state index in [0.717, 1.165) is 18.3 Å². The second-order valence-corrected chi connectivity index (χ2v) is 6.81. The molecule has 0 spiro atoms. The van der Waals surface area contributed by atoms with Gasteiger partial charge >= 0.3 is 0 Å². The van der Waals surface area contributed by atoms with E-state index in [1.54, 1.807) is 0 Å². The summed E-state index contributed by atoms with van der Waals surface area (Å²) in [5, 5.41) is 4.21. The number of hydrogen-bond donors (Lipinski definition) is 1. The van der Waals surface area contributed by atoms with Gasteiger partial charge in [0.25, 0.3) is 0 Å². The molecule has 2 unspecified atom stereocenters. The number of carbonyl (C=O) groups excluding carboxylic acids is 1. The Morgan fingerprint density at radius 2 is 2.05 bits per heavy atom. The summed E-state index contributed by atoms with van der Waals surface area (Å²) in [5.41, 5.74) is 1.72. The van der Waals surface area contributed by atoms with E-state index in [9.17, 15) is 4.79 Å². The monoisotopic (exact) mass is 321 g/mol. The molecular formula is C16H20BrNO. The molecule has 1 aromatic carbocycles. The summed E-state index contributed by atoms with van der Waals surface area (Å²) in [6.45, 7) is 0.870. The van der Waals surface area contributed by atoms with Crippen LogP contribution in [-0.4, -0.2) is 17.8 Å². The highest BCUT2D eigenvalue weighted by Crippen LogP contribution is 2.50. The summed E-state index contributed by atoms with van der Waals surface area (Å²) in [5.74, 6) is 0.921. The number of nitrogens with one attached hydrogen (secondary N) is 1. The molecule has 0 heterocycles. The predicted octanol–water partition coefficient (Wildman–Crippen LogP) is 3.47. The number of carbonyl (C=O) groups is 1. The highest BCUT2D eigenvalue weighted by atomic mass is 79.9. The van der Waals surface area contributed by atoms with Gasteiger partial charge in [-0.3, -0.25) is 4.79 Å². The van der Waals surface area contributed by atoms with Gasteiger partial charge in [0.05, 0.1) is 0 Å². The fraction of sp³-hybridized carbons (Fsp3) is 0.562. The van der Waals surface area contributed by atoms with Crippen molar-refractivity contribution in [2.75, 3.05) is 11.9 Å². The Bertz CT molecular complexity index is 455. The molecule has 1 aromatic rings. The third kappa shape index (κ3) is 3.02. The third-order valence-corrected chi connectivity index (χ3v) is 4.97. The molecular weight excluding hydrogens is 302 g/mol. The van der Waals surface area contributed by atoms with Gasteiger partial charge in [0, 0.05) is 17.8 Å². The highest BCUT2D eigenvalue weighted by Gasteiger charge is 2.46. The van der Waals surface area contributed by atoms with E-state index in [2.05, 4.69) is 45.5 Å². The fourth-order valence-corrected chi connectivity index (χ4v) is 3.69. The van der Waals surface area contributed by atoms with Gasteiger partial charge in [-0.2, -0.15) is 0 Å². The first kappa shape index (κ1) is 13.2. The normalized spacial score (nSPS) is 26.8. The van der Waals surface area contributed by atoms with Gasteiger partial charge < -0.3 is 5.32 Å². The quantitative estimate of drug-likeness (QED) is 0.799. The molecule has 1 amide bonds. The van der Waals surface area contributed by atoms with E-state index in [1.807, 2.05) is 6.07 Å². The molecule has 3 heteroatoms. The lowest BCUT2D eigenvalue weighted by Crippen LogP contribution is -2.31. The van der Waals surface area contributed by atoms with Crippen LogP contribution in [0.3, 0.4) is 0 Å². The van der Waals surface area contributed by atoms with E-state index < -0.39 is 0 Å². The van der Waals surface area contributed by atoms with E-state index >= 15 is 0 Å². The molecule has 3 rings (SSSR count). The smallest absolute Gasteiger partial charge is 0.223 e. The molecule has 19 heavy (non-hydrogen) atoms. The maximum absolute atomic E-state index is 12.1. The zero-order chi connectivity index (χ0) is 13.3. The minimum Gasteiger partial charge on any atom is -0.355 e. The molecule has 2 nitrogen and oxygen atoms in total. The largest absolute Gasteiger partial charge is 0.355 e. The number of amides is 1. The third-order valence-electron chi connectivity index (χ3n) is 4.57. The number of rotatable bonds is 6. The van der Waals surface area contributed by atoms with Crippen molar-refractivity contribution in [3.8, 4) is 0 Å². The van der Waals surface area contributed by atoms with Crippen LogP contribution in [-0.2, 0) is 4.79 Å². The first-order valence-corrected chi connectivity index (χ1v) is 8.25. The first-order chi connectivity index (χ1) is 9.24. The SMILES string of the molecule is O=C(NCC1(CCBr)CC1)C1CC1c1ccccc1. The van der Waals surface area contributed by atoms with E-state index in [-0.39, 0.29) is 11.8 Å². The summed E-state index contributed by atoms with van der Waals surface area (Å²) in [6.07, 6.45) is 4.73. The Balaban J connectivity index is 1.48. The van der Waals surface area contributed by atoms with Crippen molar-refractivity contribution in [1.29, 1.82) is 0 Å². The van der Waals surface area contributed by atoms with Crippen molar-refractivity contribution >= 4 is 21.8 Å². The van der Waals surface area contributed by atoms with Gasteiger partial charge in [0.2, 0.25) is 5.91 Å². The van der Waals surface area contributed by atoms with E-state index in [1.165, 1.54) is 24.8 Å². The molecule has 2 aliphatic rings. The maximum Gasteiger partial charge on any atom is 0.223 e. The Morgan fingerprint density at radius 3 is 2.68 bits per heavy atom. The topological polar surface area (TPSA) is 29.1 Å². The average Bonchev–Trinajstić information content (AvgIpc) is 3.33. The van der Waals surface area contributed by atoms with Crippen molar-refractivity contribution in [3.63, 3.8) is 0 Å². The van der Waals surface area contributed by atoms with E-state index in [0.29, 0.717) is 11.3 Å². The van der Waals surface area contributed by atoms with Crippen molar-refractivity contribution in [3.05, 3.63) is 35.9 Å². The molecule has 102 valence electrons. The van der Waals surface area contributed by atoms with Crippen molar-refractivity contribution in [2.24, 2.45) is 11.3 Å². The zero-order valence-electron chi connectivity index (χ0n) is 11.1. The van der Waals surface area contributed by atoms with Crippen molar-refractivity contribution in [2.45, 2.75) is 31.6 Å². The highest BCUT2D eigenvalue weighted by molar-refractivity contribution is 9.09. The average molecular weight is 322 g/mol. The lowest BCUT2D eigenvalue weighted by atomic mass is 10.0. The van der Waals surface area contributed by atoms with Crippen LogP contribution in [0.2, 0.25) is 0 Å². The lowest BCUT2D eigenvalue weighted by molar-refractivity contribution is -0.122. The molecule has 0 saturated heterocycles. The molecule has 2 fully saturated rings. The predicted molar refractivity (Wildman–Crippen MR) is 80.4 cm³/mol. The molecule has 0 aromatic heterocycles. The number of hydrogen-bond acceptors (Lipinski definition) is 1. The lowest BCUT2D eigenvalue weighted by Gasteiger charge is -2.14. The van der Waals surface area contributed by atoms with Gasteiger partial charge in [-0.1, -0.05) is 46.3 Å². The Kier molecular flexibility index (Phi) is 3.66. The van der Waals surface area contributed by atoms with Crippen LogP contribution in [0.15, 0.2) is 30.3 Å². The minimum atomic E-state index is 0.210. The standard InChI is InChI=1S/C16H20BrNO/c17-9-8-16(6-7-16)11-18-15(19)14-10-13(14)12-4-2-1-3-5-12/h1-5,13-14H,6-11H2,(H,18,19). The van der Waals surface area contributed by atoms with Crippen LogP contribution in [0.4, 0.5) is 0 Å². The Hall–Kier alpha value is -0.830. The maximum atomic E-state index is 12.1. The summed E-state index contributed by atoms with van der Waals surface area (Å²) in [7, 11) is 0. The molecule has 2 saturated carbocycles. The van der Waals surface area contributed by atoms with Crippen LogP contribution in [0.5, 0.6) is 0 Å². The molecule has 0 radical (unpaired) electrons. The minimum absolute atomic E-state index is 0.210. The van der Waals surface area contributed by atoms with Gasteiger partial charge in [-0.15, -0.1) is 0 Å². The summed E-state index contributed by atoms with van der Waals surface area (Å²) in [4.78, 5) is 12.1. The van der Waals surface area contributed by atoms with Gasteiger partial charge in [-0.25, -0.2) is 0 Å². The summed E-state index contributed by atoms with van der Waals surface area (Å²) in [6, 6.07) is 10.4. The second kappa shape index (κ2) is 5.28. The van der Waals surface area contributed by atoms with Gasteiger partial charge in [0.15, 0.2) is 0 Å². The second-order valence-electron chi connectivity index (χ2n) is 6.02. The molecule has 2 aliphatic carbocycles. The summed E-state index contributed by atoms with van der Waals surface area (Å²) < 4.78 is 0. The number of halogens is 1. The molecule has 0 bridgehead atoms. The first-order valence-electron chi connectivity index (χ1n) is 7.13. The van der Waals surface area contributed by atoms with Gasteiger partial charge in [-0.05, 0) is 42.6 Å². The molecule has 2 atom stereocenters. The van der Waals surface area contributed by atoms with Crippen LogP contribution >= 0.6 is 15.9 Å². The fourth-order valence-electron chi connectivity index (χ4n) is 2.85.